The maximum Gasteiger partial charge on any atom is 0.255 e. The van der Waals surface area contributed by atoms with Gasteiger partial charge in [-0.2, -0.15) is 9.78 Å². The van der Waals surface area contributed by atoms with Crippen molar-refractivity contribution >= 4 is 46.1 Å². The van der Waals surface area contributed by atoms with Gasteiger partial charge in [-0.1, -0.05) is 35.4 Å². The average molecular weight is 624 g/mol. The van der Waals surface area contributed by atoms with Crippen LogP contribution in [0.15, 0.2) is 73.2 Å². The van der Waals surface area contributed by atoms with Crippen LogP contribution >= 0.6 is 11.6 Å². The fourth-order valence-corrected chi connectivity index (χ4v) is 5.52. The number of nitrogens with zero attached hydrogens (tertiary/aromatic N) is 9. The first-order valence-corrected chi connectivity index (χ1v) is 14.2. The molecule has 0 saturated heterocycles. The highest BCUT2D eigenvalue weighted by atomic mass is 35.5. The summed E-state index contributed by atoms with van der Waals surface area (Å²) in [7, 11) is 0. The van der Waals surface area contributed by atoms with Crippen molar-refractivity contribution in [2.75, 3.05) is 11.9 Å². The molecule has 0 aliphatic carbocycles. The fraction of sp³-hybridized carbons (Fsp3) is 0.133. The van der Waals surface area contributed by atoms with Crippen molar-refractivity contribution in [3.63, 3.8) is 0 Å². The number of nitrogens with one attached hydrogen (secondary N) is 2. The summed E-state index contributed by atoms with van der Waals surface area (Å²) in [6.07, 6.45) is 5.75. The number of aromatic amines is 1. The minimum atomic E-state index is -1.12. The minimum absolute atomic E-state index is 0.139. The van der Waals surface area contributed by atoms with E-state index in [1.165, 1.54) is 40.2 Å². The summed E-state index contributed by atoms with van der Waals surface area (Å²) in [6, 6.07) is 14.6. The van der Waals surface area contributed by atoms with Gasteiger partial charge in [-0.05, 0) is 53.8 Å². The third-order valence-corrected chi connectivity index (χ3v) is 7.78. The molecule has 6 aromatic rings. The average Bonchev–Trinajstić information content (AvgIpc) is 3.82. The molecule has 0 bridgehead atoms. The number of aromatic nitrogens is 9. The maximum absolute atomic E-state index is 14.3. The van der Waals surface area contributed by atoms with E-state index in [2.05, 4.69) is 41.2 Å². The van der Waals surface area contributed by atoms with Crippen LogP contribution in [0.2, 0.25) is 5.02 Å². The van der Waals surface area contributed by atoms with E-state index in [0.717, 1.165) is 22.0 Å². The molecule has 0 spiro atoms. The van der Waals surface area contributed by atoms with Crippen LogP contribution < -0.4 is 5.32 Å². The summed E-state index contributed by atoms with van der Waals surface area (Å²) in [5, 5.41) is 30.4. The molecule has 1 atom stereocenters. The van der Waals surface area contributed by atoms with Crippen molar-refractivity contribution in [2.45, 2.75) is 19.5 Å². The van der Waals surface area contributed by atoms with Crippen LogP contribution in [-0.2, 0) is 16.1 Å². The van der Waals surface area contributed by atoms with E-state index in [1.54, 1.807) is 18.3 Å². The lowest BCUT2D eigenvalue weighted by atomic mass is 10.1. The number of aryl methyl sites for hydroxylation is 1. The van der Waals surface area contributed by atoms with Crippen LogP contribution in [0.5, 0.6) is 0 Å². The predicted molar refractivity (Wildman–Crippen MR) is 163 cm³/mol. The van der Waals surface area contributed by atoms with Crippen LogP contribution in [0.25, 0.3) is 34.1 Å². The number of H-pyrrole nitrogens is 1. The Morgan fingerprint density at radius 2 is 2.00 bits per heavy atom. The summed E-state index contributed by atoms with van der Waals surface area (Å²) in [5.41, 5.74) is 3.82. The monoisotopic (exact) mass is 623 g/mol. The minimum Gasteiger partial charge on any atom is -0.324 e. The number of fused-ring (bicyclic) bond motifs is 2. The molecule has 3 aromatic heterocycles. The van der Waals surface area contributed by atoms with Gasteiger partial charge in [0.15, 0.2) is 17.7 Å². The number of hydrogen-bond acceptors (Lipinski definition) is 8. The van der Waals surface area contributed by atoms with Crippen LogP contribution in [0.3, 0.4) is 0 Å². The molecule has 7 rings (SSSR count). The van der Waals surface area contributed by atoms with Gasteiger partial charge in [0.05, 0.1) is 22.4 Å². The number of anilines is 1. The van der Waals surface area contributed by atoms with Crippen molar-refractivity contribution in [3.8, 4) is 17.1 Å². The van der Waals surface area contributed by atoms with Crippen LogP contribution in [0, 0.1) is 12.7 Å². The second-order valence-corrected chi connectivity index (χ2v) is 10.8. The molecule has 4 heterocycles. The van der Waals surface area contributed by atoms with E-state index in [-0.39, 0.29) is 17.3 Å². The van der Waals surface area contributed by atoms with Gasteiger partial charge in [0.25, 0.3) is 5.91 Å². The number of benzene rings is 3. The number of amides is 2. The molecule has 15 heteroatoms. The third kappa shape index (κ3) is 5.31. The Balaban J connectivity index is 1.24. The molecule has 2 N–H and O–H groups in total. The molecule has 1 unspecified atom stereocenters. The molecule has 1 aliphatic heterocycles. The molecule has 0 fully saturated rings. The van der Waals surface area contributed by atoms with Crippen molar-refractivity contribution in [1.29, 1.82) is 0 Å². The quantitative estimate of drug-likeness (QED) is 0.263. The molecular formula is C30H23ClFN11O2. The normalized spacial score (nSPS) is 14.6. The first-order chi connectivity index (χ1) is 21.9. The topological polar surface area (TPSA) is 152 Å². The van der Waals surface area contributed by atoms with E-state index in [9.17, 15) is 14.0 Å². The molecule has 3 aromatic carbocycles. The number of rotatable bonds is 6. The lowest BCUT2D eigenvalue weighted by Crippen LogP contribution is -2.46. The zero-order chi connectivity index (χ0) is 31.1. The standard InChI is InChI=1S/C30H23ClFN11O2/c1-17-3-2-4-19(11-17)28-37-38-29-27(30(45)35-21-7-5-20-15-33-36-24(20)13-21)41(9-10-42(28)29)26(44)8-6-18-12-22(31)23(32)14-25(18)43-16-34-39-40-43/h2-8,11-16,27H,9-10H2,1H3,(H,33,36)(H,35,45). The molecule has 13 nitrogen and oxygen atoms in total. The van der Waals surface area contributed by atoms with Crippen molar-refractivity contribution < 1.29 is 14.0 Å². The highest BCUT2D eigenvalue weighted by Crippen LogP contribution is 2.31. The summed E-state index contributed by atoms with van der Waals surface area (Å²) < 4.78 is 17.5. The van der Waals surface area contributed by atoms with Crippen LogP contribution in [0.4, 0.5) is 10.1 Å². The van der Waals surface area contributed by atoms with E-state index in [4.69, 9.17) is 11.6 Å². The summed E-state index contributed by atoms with van der Waals surface area (Å²) in [6.45, 7) is 2.53. The van der Waals surface area contributed by atoms with Crippen LogP contribution in [-0.4, -0.2) is 68.4 Å². The highest BCUT2D eigenvalue weighted by Gasteiger charge is 2.39. The van der Waals surface area contributed by atoms with Gasteiger partial charge in [-0.3, -0.25) is 14.7 Å². The Labute approximate surface area is 259 Å². The van der Waals surface area contributed by atoms with E-state index in [1.807, 2.05) is 41.8 Å². The molecule has 2 amide bonds. The maximum atomic E-state index is 14.3. The molecule has 0 saturated carbocycles. The third-order valence-electron chi connectivity index (χ3n) is 7.49. The summed E-state index contributed by atoms with van der Waals surface area (Å²) >= 11 is 6.06. The number of tetrazole rings is 1. The van der Waals surface area contributed by atoms with Crippen LogP contribution in [0.1, 0.15) is 23.0 Å². The zero-order valence-electron chi connectivity index (χ0n) is 23.6. The van der Waals surface area contributed by atoms with Crippen molar-refractivity contribution in [2.24, 2.45) is 0 Å². The smallest absolute Gasteiger partial charge is 0.255 e. The first-order valence-electron chi connectivity index (χ1n) is 13.8. The van der Waals surface area contributed by atoms with E-state index >= 15 is 0 Å². The van der Waals surface area contributed by atoms with Gasteiger partial charge in [0.2, 0.25) is 5.91 Å². The number of carbonyl (C=O) groups is 2. The number of hydrogen-bond donors (Lipinski definition) is 2. The fourth-order valence-electron chi connectivity index (χ4n) is 5.35. The first kappa shape index (κ1) is 28.0. The Morgan fingerprint density at radius 1 is 1.11 bits per heavy atom. The van der Waals surface area contributed by atoms with Gasteiger partial charge in [0.1, 0.15) is 12.1 Å². The zero-order valence-corrected chi connectivity index (χ0v) is 24.4. The molecule has 1 aliphatic rings. The molecule has 0 radical (unpaired) electrons. The SMILES string of the molecule is Cc1cccc(-c2nnc3n2CCN(C(=O)C=Cc2cc(Cl)c(F)cc2-n2cnnn2)C3C(=O)Nc2ccc3cn[nH]c3c2)c1. The number of halogens is 2. The van der Waals surface area contributed by atoms with Gasteiger partial charge in [0, 0.05) is 47.4 Å². The Morgan fingerprint density at radius 3 is 2.82 bits per heavy atom. The van der Waals surface area contributed by atoms with Gasteiger partial charge in [-0.25, -0.2) is 4.39 Å². The second-order valence-electron chi connectivity index (χ2n) is 10.4. The lowest BCUT2D eigenvalue weighted by Gasteiger charge is -2.34. The lowest BCUT2D eigenvalue weighted by molar-refractivity contribution is -0.136. The van der Waals surface area contributed by atoms with E-state index in [0.29, 0.717) is 29.4 Å². The summed E-state index contributed by atoms with van der Waals surface area (Å²) in [4.78, 5) is 29.2. The Bertz CT molecular complexity index is 2100. The highest BCUT2D eigenvalue weighted by molar-refractivity contribution is 6.31. The second kappa shape index (κ2) is 11.4. The summed E-state index contributed by atoms with van der Waals surface area (Å²) in [5.74, 6) is -0.707. The predicted octanol–water partition coefficient (Wildman–Crippen LogP) is 4.13. The van der Waals surface area contributed by atoms with Gasteiger partial charge >= 0.3 is 0 Å². The molecule has 45 heavy (non-hydrogen) atoms. The van der Waals surface area contributed by atoms with Gasteiger partial charge < -0.3 is 14.8 Å². The Hall–Kier alpha value is -5.76. The molecular weight excluding hydrogens is 601 g/mol. The van der Waals surface area contributed by atoms with Crippen molar-refractivity contribution in [1.82, 2.24) is 50.1 Å². The molecule has 224 valence electrons. The number of carbonyl (C=O) groups excluding carboxylic acids is 2. The Kier molecular flexibility index (Phi) is 7.10. The van der Waals surface area contributed by atoms with Gasteiger partial charge in [-0.15, -0.1) is 15.3 Å². The van der Waals surface area contributed by atoms with E-state index < -0.39 is 23.7 Å². The van der Waals surface area contributed by atoms with Crippen molar-refractivity contribution in [3.05, 3.63) is 101 Å². The largest absolute Gasteiger partial charge is 0.324 e.